The zero-order valence-electron chi connectivity index (χ0n) is 10.9. The van der Waals surface area contributed by atoms with E-state index in [1.165, 1.54) is 0 Å². The predicted octanol–water partition coefficient (Wildman–Crippen LogP) is 1.70. The van der Waals surface area contributed by atoms with Crippen LogP contribution in [0.1, 0.15) is 13.3 Å². The third-order valence-corrected chi connectivity index (χ3v) is 2.68. The monoisotopic (exact) mass is 255 g/mol. The quantitative estimate of drug-likeness (QED) is 0.695. The SMILES string of the molecule is CCOCCOCCn1cc2c(c1)OCCCO2. The maximum Gasteiger partial charge on any atom is 0.178 e. The van der Waals surface area contributed by atoms with Crippen molar-refractivity contribution in [2.45, 2.75) is 19.9 Å². The van der Waals surface area contributed by atoms with Crippen molar-refractivity contribution in [1.82, 2.24) is 4.57 Å². The fraction of sp³-hybridized carbons (Fsp3) is 0.692. The third-order valence-electron chi connectivity index (χ3n) is 2.68. The Hall–Kier alpha value is -1.20. The molecule has 0 fully saturated rings. The van der Waals surface area contributed by atoms with Crippen LogP contribution in [0.3, 0.4) is 0 Å². The summed E-state index contributed by atoms with van der Waals surface area (Å²) in [7, 11) is 0. The fourth-order valence-corrected chi connectivity index (χ4v) is 1.77. The van der Waals surface area contributed by atoms with Crippen LogP contribution >= 0.6 is 0 Å². The summed E-state index contributed by atoms with van der Waals surface area (Å²) in [5.74, 6) is 1.67. The van der Waals surface area contributed by atoms with E-state index in [-0.39, 0.29) is 0 Å². The molecule has 5 heteroatoms. The molecule has 0 N–H and O–H groups in total. The van der Waals surface area contributed by atoms with Crippen LogP contribution in [0.25, 0.3) is 0 Å². The molecule has 0 saturated heterocycles. The van der Waals surface area contributed by atoms with Gasteiger partial charge in [-0.25, -0.2) is 0 Å². The Morgan fingerprint density at radius 3 is 2.39 bits per heavy atom. The first kappa shape index (κ1) is 13.2. The van der Waals surface area contributed by atoms with E-state index in [1.54, 1.807) is 0 Å². The molecule has 0 bridgehead atoms. The van der Waals surface area contributed by atoms with Gasteiger partial charge in [-0.15, -0.1) is 0 Å². The molecule has 0 atom stereocenters. The summed E-state index contributed by atoms with van der Waals surface area (Å²) in [6, 6.07) is 0. The second kappa shape index (κ2) is 7.28. The van der Waals surface area contributed by atoms with Crippen molar-refractivity contribution in [3.8, 4) is 11.5 Å². The van der Waals surface area contributed by atoms with Crippen LogP contribution in [0.4, 0.5) is 0 Å². The molecule has 0 spiro atoms. The predicted molar refractivity (Wildman–Crippen MR) is 67.4 cm³/mol. The van der Waals surface area contributed by atoms with Gasteiger partial charge in [-0.2, -0.15) is 0 Å². The van der Waals surface area contributed by atoms with Crippen molar-refractivity contribution in [3.63, 3.8) is 0 Å². The lowest BCUT2D eigenvalue weighted by molar-refractivity contribution is 0.0497. The topological polar surface area (TPSA) is 41.9 Å². The van der Waals surface area contributed by atoms with Gasteiger partial charge in [0.05, 0.1) is 45.4 Å². The summed E-state index contributed by atoms with van der Waals surface area (Å²) in [6.45, 7) is 6.93. The maximum atomic E-state index is 5.58. The summed E-state index contributed by atoms with van der Waals surface area (Å²) in [5, 5.41) is 0. The minimum atomic E-state index is 0.641. The maximum absolute atomic E-state index is 5.58. The van der Waals surface area contributed by atoms with Crippen molar-refractivity contribution in [2.24, 2.45) is 0 Å². The molecular weight excluding hydrogens is 234 g/mol. The molecule has 0 aliphatic carbocycles. The van der Waals surface area contributed by atoms with E-state index < -0.39 is 0 Å². The summed E-state index contributed by atoms with van der Waals surface area (Å²) >= 11 is 0. The molecule has 0 unspecified atom stereocenters. The van der Waals surface area contributed by atoms with Crippen LogP contribution in [-0.2, 0) is 16.0 Å². The molecule has 1 aliphatic heterocycles. The second-order valence-corrected chi connectivity index (χ2v) is 4.08. The number of nitrogens with zero attached hydrogens (tertiary/aromatic N) is 1. The first-order valence-corrected chi connectivity index (χ1v) is 6.51. The Labute approximate surface area is 108 Å². The van der Waals surface area contributed by atoms with Crippen LogP contribution in [0, 0.1) is 0 Å². The number of rotatable bonds is 7. The van der Waals surface area contributed by atoms with Crippen LogP contribution in [0.2, 0.25) is 0 Å². The van der Waals surface area contributed by atoms with Gasteiger partial charge in [0.1, 0.15) is 0 Å². The number of ether oxygens (including phenoxy) is 4. The fourth-order valence-electron chi connectivity index (χ4n) is 1.77. The average molecular weight is 255 g/mol. The van der Waals surface area contributed by atoms with Crippen LogP contribution in [-0.4, -0.2) is 44.2 Å². The van der Waals surface area contributed by atoms with E-state index >= 15 is 0 Å². The highest BCUT2D eigenvalue weighted by Gasteiger charge is 2.12. The van der Waals surface area contributed by atoms with Gasteiger partial charge >= 0.3 is 0 Å². The molecule has 0 saturated carbocycles. The molecule has 0 aromatic carbocycles. The van der Waals surface area contributed by atoms with Gasteiger partial charge in [0.25, 0.3) is 0 Å². The van der Waals surface area contributed by atoms with Crippen molar-refractivity contribution >= 4 is 0 Å². The summed E-state index contributed by atoms with van der Waals surface area (Å²) in [6.07, 6.45) is 4.87. The van der Waals surface area contributed by atoms with E-state index in [2.05, 4.69) is 0 Å². The molecule has 2 heterocycles. The van der Waals surface area contributed by atoms with Crippen LogP contribution < -0.4 is 9.47 Å². The average Bonchev–Trinajstić information content (AvgIpc) is 2.64. The lowest BCUT2D eigenvalue weighted by Gasteiger charge is -2.05. The van der Waals surface area contributed by atoms with Crippen molar-refractivity contribution < 1.29 is 18.9 Å². The van der Waals surface area contributed by atoms with Gasteiger partial charge in [0.2, 0.25) is 0 Å². The second-order valence-electron chi connectivity index (χ2n) is 4.08. The highest BCUT2D eigenvalue weighted by molar-refractivity contribution is 5.38. The molecule has 0 radical (unpaired) electrons. The molecular formula is C13H21NO4. The molecule has 1 aromatic rings. The standard InChI is InChI=1S/C13H21NO4/c1-2-15-8-9-16-7-4-14-10-12-13(11-14)18-6-3-5-17-12/h10-11H,2-9H2,1H3. The van der Waals surface area contributed by atoms with Crippen molar-refractivity contribution in [1.29, 1.82) is 0 Å². The Morgan fingerprint density at radius 2 is 1.72 bits per heavy atom. The smallest absolute Gasteiger partial charge is 0.178 e. The van der Waals surface area contributed by atoms with E-state index in [0.29, 0.717) is 19.8 Å². The molecule has 18 heavy (non-hydrogen) atoms. The van der Waals surface area contributed by atoms with Gasteiger partial charge in [-0.1, -0.05) is 0 Å². The molecule has 0 amide bonds. The number of fused-ring (bicyclic) bond motifs is 1. The molecule has 102 valence electrons. The van der Waals surface area contributed by atoms with Crippen molar-refractivity contribution in [2.75, 3.05) is 39.6 Å². The normalized spacial score (nSPS) is 14.5. The first-order valence-electron chi connectivity index (χ1n) is 6.51. The number of aromatic nitrogens is 1. The Kier molecular flexibility index (Phi) is 5.36. The highest BCUT2D eigenvalue weighted by atomic mass is 16.5. The molecule has 5 nitrogen and oxygen atoms in total. The molecule has 1 aromatic heterocycles. The Balaban J connectivity index is 1.70. The third kappa shape index (κ3) is 3.92. The lowest BCUT2D eigenvalue weighted by atomic mass is 10.5. The molecule has 1 aliphatic rings. The van der Waals surface area contributed by atoms with Crippen molar-refractivity contribution in [3.05, 3.63) is 12.4 Å². The van der Waals surface area contributed by atoms with Gasteiger partial charge in [-0.05, 0) is 6.92 Å². The number of hydrogen-bond donors (Lipinski definition) is 0. The Bertz CT molecular complexity index is 327. The number of hydrogen-bond acceptors (Lipinski definition) is 4. The summed E-state index contributed by atoms with van der Waals surface area (Å²) in [5.41, 5.74) is 0. The van der Waals surface area contributed by atoms with E-state index in [9.17, 15) is 0 Å². The highest BCUT2D eigenvalue weighted by Crippen LogP contribution is 2.30. The van der Waals surface area contributed by atoms with E-state index in [4.69, 9.17) is 18.9 Å². The van der Waals surface area contributed by atoms with Gasteiger partial charge in [0, 0.05) is 19.6 Å². The zero-order chi connectivity index (χ0) is 12.6. The first-order chi connectivity index (χ1) is 8.90. The van der Waals surface area contributed by atoms with Gasteiger partial charge in [-0.3, -0.25) is 0 Å². The Morgan fingerprint density at radius 1 is 1.06 bits per heavy atom. The van der Waals surface area contributed by atoms with E-state index in [0.717, 1.165) is 44.3 Å². The van der Waals surface area contributed by atoms with Crippen LogP contribution in [0.5, 0.6) is 11.5 Å². The summed E-state index contributed by atoms with van der Waals surface area (Å²) < 4.78 is 23.9. The van der Waals surface area contributed by atoms with Gasteiger partial charge in [0.15, 0.2) is 11.5 Å². The summed E-state index contributed by atoms with van der Waals surface area (Å²) in [4.78, 5) is 0. The zero-order valence-corrected chi connectivity index (χ0v) is 10.9. The minimum Gasteiger partial charge on any atom is -0.488 e. The van der Waals surface area contributed by atoms with E-state index in [1.807, 2.05) is 23.9 Å². The molecule has 2 rings (SSSR count). The minimum absolute atomic E-state index is 0.641. The largest absolute Gasteiger partial charge is 0.488 e. The lowest BCUT2D eigenvalue weighted by Crippen LogP contribution is -2.09. The van der Waals surface area contributed by atoms with Crippen LogP contribution in [0.15, 0.2) is 12.4 Å². The van der Waals surface area contributed by atoms with Gasteiger partial charge < -0.3 is 23.5 Å².